The number of rotatable bonds is 2. The van der Waals surface area contributed by atoms with Gasteiger partial charge in [-0.2, -0.15) is 0 Å². The van der Waals surface area contributed by atoms with Crippen molar-refractivity contribution in [2.75, 3.05) is 14.2 Å². The maximum Gasteiger partial charge on any atom is 0.217 e. The Labute approximate surface area is 89.2 Å². The Kier molecular flexibility index (Phi) is 3.82. The van der Waals surface area contributed by atoms with Crippen LogP contribution in [-0.4, -0.2) is 44.4 Å². The SMILES string of the molecule is COC1=NC(C(C)C)C(OC)=NC1C=O. The number of carbonyl (C=O) groups excluding carboxylic acids is 1. The molecule has 0 saturated heterocycles. The van der Waals surface area contributed by atoms with E-state index in [1.54, 1.807) is 0 Å². The van der Waals surface area contributed by atoms with Gasteiger partial charge in [-0.1, -0.05) is 13.8 Å². The number of nitrogens with zero attached hydrogens (tertiary/aromatic N) is 2. The number of methoxy groups -OCH3 is 2. The van der Waals surface area contributed by atoms with Crippen molar-refractivity contribution in [3.63, 3.8) is 0 Å². The average molecular weight is 212 g/mol. The van der Waals surface area contributed by atoms with E-state index < -0.39 is 6.04 Å². The number of hydrogen-bond acceptors (Lipinski definition) is 5. The second-order valence-electron chi connectivity index (χ2n) is 3.61. The number of carbonyl (C=O) groups is 1. The molecule has 1 aliphatic rings. The first kappa shape index (κ1) is 11.7. The molecule has 0 aliphatic carbocycles. The summed E-state index contributed by atoms with van der Waals surface area (Å²) in [7, 11) is 3.02. The molecule has 0 amide bonds. The second-order valence-corrected chi connectivity index (χ2v) is 3.61. The minimum absolute atomic E-state index is 0.166. The summed E-state index contributed by atoms with van der Waals surface area (Å²) in [6.45, 7) is 4.02. The molecule has 2 atom stereocenters. The van der Waals surface area contributed by atoms with Crippen molar-refractivity contribution in [2.45, 2.75) is 25.9 Å². The summed E-state index contributed by atoms with van der Waals surface area (Å²) in [4.78, 5) is 19.2. The highest BCUT2D eigenvalue weighted by atomic mass is 16.5. The van der Waals surface area contributed by atoms with Crippen molar-refractivity contribution >= 4 is 18.1 Å². The summed E-state index contributed by atoms with van der Waals surface area (Å²) >= 11 is 0. The van der Waals surface area contributed by atoms with Crippen molar-refractivity contribution < 1.29 is 14.3 Å². The van der Waals surface area contributed by atoms with Crippen molar-refractivity contribution in [3.05, 3.63) is 0 Å². The Morgan fingerprint density at radius 2 is 1.80 bits per heavy atom. The van der Waals surface area contributed by atoms with Crippen LogP contribution in [0.4, 0.5) is 0 Å². The predicted molar refractivity (Wildman–Crippen MR) is 57.4 cm³/mol. The van der Waals surface area contributed by atoms with E-state index in [0.717, 1.165) is 0 Å². The summed E-state index contributed by atoms with van der Waals surface area (Å²) in [5.41, 5.74) is 0. The molecule has 0 aromatic heterocycles. The van der Waals surface area contributed by atoms with Crippen molar-refractivity contribution in [1.82, 2.24) is 0 Å². The van der Waals surface area contributed by atoms with Crippen LogP contribution in [0.2, 0.25) is 0 Å². The van der Waals surface area contributed by atoms with Gasteiger partial charge in [0.05, 0.1) is 14.2 Å². The van der Waals surface area contributed by atoms with Gasteiger partial charge in [0, 0.05) is 0 Å². The minimum Gasteiger partial charge on any atom is -0.483 e. The number of aldehydes is 1. The summed E-state index contributed by atoms with van der Waals surface area (Å²) in [6, 6.07) is -0.832. The van der Waals surface area contributed by atoms with E-state index in [1.807, 2.05) is 13.8 Å². The molecule has 0 N–H and O–H groups in total. The van der Waals surface area contributed by atoms with Crippen LogP contribution < -0.4 is 0 Å². The fourth-order valence-corrected chi connectivity index (χ4v) is 1.41. The zero-order valence-electron chi connectivity index (χ0n) is 9.43. The van der Waals surface area contributed by atoms with Gasteiger partial charge in [0.15, 0.2) is 12.3 Å². The number of ether oxygens (including phenoxy) is 2. The van der Waals surface area contributed by atoms with Gasteiger partial charge >= 0.3 is 0 Å². The molecule has 5 nitrogen and oxygen atoms in total. The summed E-state index contributed by atoms with van der Waals surface area (Å²) in [5, 5.41) is 0. The largest absolute Gasteiger partial charge is 0.483 e. The van der Waals surface area contributed by atoms with Crippen molar-refractivity contribution in [3.8, 4) is 0 Å². The first-order valence-corrected chi connectivity index (χ1v) is 4.82. The molecule has 0 fully saturated rings. The molecule has 0 spiro atoms. The normalized spacial score (nSPS) is 25.7. The highest BCUT2D eigenvalue weighted by Crippen LogP contribution is 2.16. The van der Waals surface area contributed by atoms with Crippen LogP contribution in [-0.2, 0) is 14.3 Å². The van der Waals surface area contributed by atoms with Gasteiger partial charge in [0.1, 0.15) is 6.04 Å². The maximum atomic E-state index is 10.7. The predicted octanol–water partition coefficient (Wildman–Crippen LogP) is 0.682. The maximum absolute atomic E-state index is 10.7. The lowest BCUT2D eigenvalue weighted by molar-refractivity contribution is -0.107. The quantitative estimate of drug-likeness (QED) is 0.632. The average Bonchev–Trinajstić information content (AvgIpc) is 2.26. The first-order valence-electron chi connectivity index (χ1n) is 4.82. The minimum atomic E-state index is -0.667. The Morgan fingerprint density at radius 1 is 1.20 bits per heavy atom. The molecular weight excluding hydrogens is 196 g/mol. The third kappa shape index (κ3) is 2.34. The highest BCUT2D eigenvalue weighted by Gasteiger charge is 2.30. The van der Waals surface area contributed by atoms with Crippen LogP contribution in [0.15, 0.2) is 9.98 Å². The molecule has 0 saturated carbocycles. The number of aliphatic imine (C=N–C) groups is 2. The molecule has 1 aliphatic heterocycles. The summed E-state index contributed by atoms with van der Waals surface area (Å²) in [5.74, 6) is 1.09. The Bertz CT molecular complexity index is 297. The zero-order chi connectivity index (χ0) is 11.4. The smallest absolute Gasteiger partial charge is 0.217 e. The van der Waals surface area contributed by atoms with Gasteiger partial charge < -0.3 is 14.3 Å². The van der Waals surface area contributed by atoms with Gasteiger partial charge in [0.2, 0.25) is 11.8 Å². The van der Waals surface area contributed by atoms with E-state index in [9.17, 15) is 4.79 Å². The van der Waals surface area contributed by atoms with Crippen LogP contribution in [0, 0.1) is 5.92 Å². The third-order valence-corrected chi connectivity index (χ3v) is 2.22. The summed E-state index contributed by atoms with van der Waals surface area (Å²) in [6.07, 6.45) is 0.692. The van der Waals surface area contributed by atoms with E-state index in [2.05, 4.69) is 9.98 Å². The van der Waals surface area contributed by atoms with Gasteiger partial charge in [-0.05, 0) is 5.92 Å². The number of hydrogen-bond donors (Lipinski definition) is 0. The molecule has 0 aromatic carbocycles. The monoisotopic (exact) mass is 212 g/mol. The second kappa shape index (κ2) is 4.91. The topological polar surface area (TPSA) is 60.2 Å². The van der Waals surface area contributed by atoms with E-state index in [0.29, 0.717) is 18.1 Å². The van der Waals surface area contributed by atoms with Crippen LogP contribution in [0.5, 0.6) is 0 Å². The van der Waals surface area contributed by atoms with Crippen LogP contribution in [0.25, 0.3) is 0 Å². The fraction of sp³-hybridized carbons (Fsp3) is 0.700. The van der Waals surface area contributed by atoms with Crippen molar-refractivity contribution in [2.24, 2.45) is 15.9 Å². The molecule has 0 bridgehead atoms. The van der Waals surface area contributed by atoms with Crippen molar-refractivity contribution in [1.29, 1.82) is 0 Å². The molecule has 15 heavy (non-hydrogen) atoms. The van der Waals surface area contributed by atoms with Gasteiger partial charge in [-0.3, -0.25) is 0 Å². The van der Waals surface area contributed by atoms with Gasteiger partial charge in [-0.25, -0.2) is 9.98 Å². The lowest BCUT2D eigenvalue weighted by atomic mass is 10.0. The molecule has 0 radical (unpaired) electrons. The first-order chi connectivity index (χ1) is 7.13. The van der Waals surface area contributed by atoms with Gasteiger partial charge in [-0.15, -0.1) is 0 Å². The highest BCUT2D eigenvalue weighted by molar-refractivity contribution is 6.02. The van der Waals surface area contributed by atoms with Crippen LogP contribution >= 0.6 is 0 Å². The molecular formula is C10H16N2O3. The standard InChI is InChI=1S/C10H16N2O3/c1-6(2)8-10(15-4)11-7(5-13)9(12-8)14-3/h5-8H,1-4H3. The lowest BCUT2D eigenvalue weighted by Gasteiger charge is -2.24. The van der Waals surface area contributed by atoms with E-state index in [1.165, 1.54) is 14.2 Å². The molecule has 1 heterocycles. The van der Waals surface area contributed by atoms with E-state index in [-0.39, 0.29) is 12.0 Å². The lowest BCUT2D eigenvalue weighted by Crippen LogP contribution is -2.38. The third-order valence-electron chi connectivity index (χ3n) is 2.22. The fourth-order valence-electron chi connectivity index (χ4n) is 1.41. The van der Waals surface area contributed by atoms with Crippen LogP contribution in [0.3, 0.4) is 0 Å². The molecule has 0 aromatic rings. The molecule has 5 heteroatoms. The van der Waals surface area contributed by atoms with E-state index in [4.69, 9.17) is 9.47 Å². The summed E-state index contributed by atoms with van der Waals surface area (Å²) < 4.78 is 10.1. The Hall–Kier alpha value is -1.39. The molecule has 84 valence electrons. The van der Waals surface area contributed by atoms with E-state index >= 15 is 0 Å². The Morgan fingerprint density at radius 3 is 2.20 bits per heavy atom. The zero-order valence-corrected chi connectivity index (χ0v) is 9.43. The Balaban J connectivity index is 2.99. The van der Waals surface area contributed by atoms with Gasteiger partial charge in [0.25, 0.3) is 0 Å². The molecule has 1 rings (SSSR count). The molecule has 2 unspecified atom stereocenters. The van der Waals surface area contributed by atoms with Crippen LogP contribution in [0.1, 0.15) is 13.8 Å².